The second-order valence-electron chi connectivity index (χ2n) is 14.7. The number of carbonyl (C=O) groups excluding carboxylic acids is 1. The van der Waals surface area contributed by atoms with Crippen molar-refractivity contribution in [2.75, 3.05) is 46.1 Å². The molecule has 0 radical (unpaired) electrons. The van der Waals surface area contributed by atoms with Crippen LogP contribution in [0.25, 0.3) is 22.3 Å². The third kappa shape index (κ3) is 8.02. The number of benzene rings is 3. The Balaban J connectivity index is 1.03. The first-order valence-corrected chi connectivity index (χ1v) is 18.6. The molecule has 8 nitrogen and oxygen atoms in total. The van der Waals surface area contributed by atoms with Crippen molar-refractivity contribution in [2.45, 2.75) is 57.4 Å². The Hall–Kier alpha value is -4.95. The molecule has 264 valence electrons. The lowest BCUT2D eigenvalue weighted by molar-refractivity contribution is 0.211. The number of hydrogen-bond donors (Lipinski definition) is 2. The average molecular weight is 682 g/mol. The Kier molecular flexibility index (Phi) is 10.5. The van der Waals surface area contributed by atoms with E-state index in [2.05, 4.69) is 120 Å². The van der Waals surface area contributed by atoms with E-state index in [1.807, 2.05) is 30.3 Å². The highest BCUT2D eigenvalue weighted by molar-refractivity contribution is 6.08. The van der Waals surface area contributed by atoms with E-state index in [1.54, 1.807) is 0 Å². The highest BCUT2D eigenvalue weighted by Gasteiger charge is 2.30. The second kappa shape index (κ2) is 15.5. The first-order chi connectivity index (χ1) is 24.8. The summed E-state index contributed by atoms with van der Waals surface area (Å²) in [7, 11) is 6.10. The van der Waals surface area contributed by atoms with E-state index in [-0.39, 0.29) is 11.9 Å². The zero-order valence-corrected chi connectivity index (χ0v) is 30.5. The second-order valence-corrected chi connectivity index (χ2v) is 14.7. The molecular weight excluding hydrogens is 631 g/mol. The number of aromatic amines is 1. The molecule has 3 unspecified atom stereocenters. The van der Waals surface area contributed by atoms with Crippen LogP contribution in [0.5, 0.6) is 0 Å². The molecule has 1 fully saturated rings. The van der Waals surface area contributed by atoms with Crippen molar-refractivity contribution in [3.8, 4) is 11.3 Å². The van der Waals surface area contributed by atoms with E-state index in [4.69, 9.17) is 10.1 Å². The van der Waals surface area contributed by atoms with Crippen LogP contribution in [0, 0.1) is 5.92 Å². The molecule has 3 atom stereocenters. The number of H-pyrrole nitrogens is 1. The smallest absolute Gasteiger partial charge is 0.321 e. The maximum Gasteiger partial charge on any atom is 0.321 e. The standard InChI is InChI=1S/C43H51N7O/c1-5-50-29-39(37-23-24-44-42-38(37)26-40(46-42)35-16-10-12-31(25-35)27-48(2)3)41(47-50)34-19-21-36(22-20-34)45-43(51)49(4)28-30-11-9-15-33(18-17-30)32-13-7-6-8-14-32/h6-8,10,12-14,16,19-26,30,33,39H,5,9,11,15,17-18,27-29H2,1-4H3,(H,44,46)(H,45,51). The van der Waals surface area contributed by atoms with E-state index in [0.29, 0.717) is 11.8 Å². The summed E-state index contributed by atoms with van der Waals surface area (Å²) in [5.41, 5.74) is 9.94. The summed E-state index contributed by atoms with van der Waals surface area (Å²) in [6, 6.07) is 32.1. The van der Waals surface area contributed by atoms with Crippen LogP contribution >= 0.6 is 0 Å². The molecule has 0 spiro atoms. The molecule has 1 aliphatic heterocycles. The maximum absolute atomic E-state index is 13.3. The highest BCUT2D eigenvalue weighted by Crippen LogP contribution is 2.36. The van der Waals surface area contributed by atoms with Gasteiger partial charge in [0.1, 0.15) is 5.65 Å². The highest BCUT2D eigenvalue weighted by atomic mass is 16.2. The number of amides is 2. The first-order valence-electron chi connectivity index (χ1n) is 18.6. The summed E-state index contributed by atoms with van der Waals surface area (Å²) >= 11 is 0. The number of urea groups is 1. The molecule has 7 rings (SSSR count). The molecule has 2 amide bonds. The molecule has 2 aromatic heterocycles. The van der Waals surface area contributed by atoms with Gasteiger partial charge in [-0.2, -0.15) is 5.10 Å². The SMILES string of the molecule is CCN1CC(c2ccnc3[nH]c(-c4cccc(CN(C)C)c4)cc23)C(c2ccc(NC(=O)N(C)CC3CCCC(c4ccccc4)CC3)cc2)=N1. The Bertz CT molecular complexity index is 1970. The van der Waals surface area contributed by atoms with E-state index in [9.17, 15) is 4.79 Å². The number of rotatable bonds is 10. The molecule has 51 heavy (non-hydrogen) atoms. The lowest BCUT2D eigenvalue weighted by atomic mass is 9.89. The van der Waals surface area contributed by atoms with Crippen molar-refractivity contribution in [1.82, 2.24) is 24.8 Å². The molecule has 1 saturated carbocycles. The van der Waals surface area contributed by atoms with Gasteiger partial charge in [0.2, 0.25) is 0 Å². The molecule has 3 heterocycles. The van der Waals surface area contributed by atoms with Gasteiger partial charge in [0, 0.05) is 62.1 Å². The Morgan fingerprint density at radius 1 is 0.902 bits per heavy atom. The first kappa shape index (κ1) is 34.5. The van der Waals surface area contributed by atoms with Crippen molar-refractivity contribution >= 4 is 28.5 Å². The number of pyridine rings is 1. The lowest BCUT2D eigenvalue weighted by Gasteiger charge is -2.24. The van der Waals surface area contributed by atoms with E-state index in [0.717, 1.165) is 71.9 Å². The lowest BCUT2D eigenvalue weighted by Crippen LogP contribution is -2.35. The number of aromatic nitrogens is 2. The van der Waals surface area contributed by atoms with Gasteiger partial charge in [0.05, 0.1) is 5.71 Å². The van der Waals surface area contributed by atoms with Gasteiger partial charge in [-0.3, -0.25) is 5.01 Å². The number of fused-ring (bicyclic) bond motifs is 1. The molecule has 2 N–H and O–H groups in total. The zero-order chi connectivity index (χ0) is 35.3. The van der Waals surface area contributed by atoms with Crippen LogP contribution in [0.2, 0.25) is 0 Å². The van der Waals surface area contributed by atoms with Gasteiger partial charge >= 0.3 is 6.03 Å². The van der Waals surface area contributed by atoms with E-state index in [1.165, 1.54) is 42.4 Å². The number of nitrogens with zero attached hydrogens (tertiary/aromatic N) is 5. The van der Waals surface area contributed by atoms with Crippen molar-refractivity contribution < 1.29 is 4.79 Å². The topological polar surface area (TPSA) is 79.9 Å². The third-order valence-electron chi connectivity index (χ3n) is 10.7. The van der Waals surface area contributed by atoms with Crippen molar-refractivity contribution in [2.24, 2.45) is 11.0 Å². The molecule has 1 aliphatic carbocycles. The zero-order valence-electron chi connectivity index (χ0n) is 30.5. The van der Waals surface area contributed by atoms with Gasteiger partial charge < -0.3 is 20.1 Å². The molecule has 3 aromatic carbocycles. The van der Waals surface area contributed by atoms with Crippen molar-refractivity contribution in [3.05, 3.63) is 119 Å². The number of carbonyl (C=O) groups is 1. The minimum Gasteiger partial charge on any atom is -0.339 e. The average Bonchev–Trinajstić information content (AvgIpc) is 3.71. The summed E-state index contributed by atoms with van der Waals surface area (Å²) in [6.07, 6.45) is 7.86. The molecule has 5 aromatic rings. The molecule has 0 saturated heterocycles. The van der Waals surface area contributed by atoms with Crippen LogP contribution in [-0.2, 0) is 6.54 Å². The minimum atomic E-state index is -0.0606. The van der Waals surface area contributed by atoms with Crippen molar-refractivity contribution in [3.63, 3.8) is 0 Å². The molecular formula is C43H51N7O. The summed E-state index contributed by atoms with van der Waals surface area (Å²) in [4.78, 5) is 25.6. The van der Waals surface area contributed by atoms with Crippen LogP contribution in [0.1, 0.15) is 73.1 Å². The number of nitrogens with one attached hydrogen (secondary N) is 2. The van der Waals surface area contributed by atoms with Crippen LogP contribution < -0.4 is 5.32 Å². The van der Waals surface area contributed by atoms with E-state index < -0.39 is 0 Å². The van der Waals surface area contributed by atoms with Crippen LogP contribution in [-0.4, -0.2) is 77.3 Å². The third-order valence-corrected chi connectivity index (χ3v) is 10.7. The predicted octanol–water partition coefficient (Wildman–Crippen LogP) is 8.94. The van der Waals surface area contributed by atoms with Gasteiger partial charge in [-0.05, 0) is 117 Å². The molecule has 2 aliphatic rings. The largest absolute Gasteiger partial charge is 0.339 e. The normalized spacial score (nSPS) is 19.3. The summed E-state index contributed by atoms with van der Waals surface area (Å²) in [5.74, 6) is 1.25. The van der Waals surface area contributed by atoms with E-state index >= 15 is 0 Å². The number of hydrazone groups is 1. The fourth-order valence-electron chi connectivity index (χ4n) is 8.01. The number of hydrogen-bond acceptors (Lipinski definition) is 5. The van der Waals surface area contributed by atoms with Gasteiger partial charge in [-0.15, -0.1) is 0 Å². The van der Waals surface area contributed by atoms with Gasteiger partial charge in [-0.25, -0.2) is 9.78 Å². The van der Waals surface area contributed by atoms with Gasteiger partial charge in [0.15, 0.2) is 0 Å². The van der Waals surface area contributed by atoms with Gasteiger partial charge in [-0.1, -0.05) is 67.1 Å². The minimum absolute atomic E-state index is 0.0606. The monoisotopic (exact) mass is 681 g/mol. The maximum atomic E-state index is 13.3. The predicted molar refractivity (Wildman–Crippen MR) is 209 cm³/mol. The Morgan fingerprint density at radius 3 is 2.51 bits per heavy atom. The molecule has 8 heteroatoms. The Labute approximate surface area is 302 Å². The Morgan fingerprint density at radius 2 is 1.73 bits per heavy atom. The fraction of sp³-hybridized carbons (Fsp3) is 0.372. The van der Waals surface area contributed by atoms with Crippen LogP contribution in [0.15, 0.2) is 102 Å². The van der Waals surface area contributed by atoms with Crippen molar-refractivity contribution in [1.29, 1.82) is 0 Å². The van der Waals surface area contributed by atoms with Crippen LogP contribution in [0.3, 0.4) is 0 Å². The fourth-order valence-corrected chi connectivity index (χ4v) is 8.01. The molecule has 0 bridgehead atoms. The quantitative estimate of drug-likeness (QED) is 0.144. The summed E-state index contributed by atoms with van der Waals surface area (Å²) < 4.78 is 0. The number of anilines is 1. The summed E-state index contributed by atoms with van der Waals surface area (Å²) in [6.45, 7) is 5.45. The number of likely N-dealkylation sites (N-methyl/N-ethyl adjacent to an activating group) is 1. The van der Waals surface area contributed by atoms with Gasteiger partial charge in [0.25, 0.3) is 0 Å². The summed E-state index contributed by atoms with van der Waals surface area (Å²) in [5, 5.41) is 11.5. The van der Waals surface area contributed by atoms with Crippen LogP contribution in [0.4, 0.5) is 10.5 Å².